The maximum absolute atomic E-state index is 14.0. The first-order valence-corrected chi connectivity index (χ1v) is 7.24. The lowest BCUT2D eigenvalue weighted by atomic mass is 9.93. The fourth-order valence-electron chi connectivity index (χ4n) is 2.37. The van der Waals surface area contributed by atoms with Gasteiger partial charge in [-0.05, 0) is 33.8 Å². The minimum absolute atomic E-state index is 0.0131. The predicted molar refractivity (Wildman–Crippen MR) is 83.9 cm³/mol. The summed E-state index contributed by atoms with van der Waals surface area (Å²) in [5.41, 5.74) is 5.29. The van der Waals surface area contributed by atoms with E-state index in [4.69, 9.17) is 5.73 Å². The number of hydrogen-bond donors (Lipinski definition) is 2. The molecular weight excluding hydrogens is 302 g/mol. The highest BCUT2D eigenvalue weighted by Gasteiger charge is 2.28. The molecule has 1 amide bonds. The molecule has 1 aromatic carbocycles. The van der Waals surface area contributed by atoms with Crippen LogP contribution in [-0.4, -0.2) is 15.7 Å². The zero-order valence-electron chi connectivity index (χ0n) is 13.5. The Morgan fingerprint density at radius 3 is 2.52 bits per heavy atom. The van der Waals surface area contributed by atoms with Crippen LogP contribution in [0.3, 0.4) is 0 Å². The minimum atomic E-state index is -1.04. The van der Waals surface area contributed by atoms with Gasteiger partial charge in [0.05, 0.1) is 11.7 Å². The topological polar surface area (TPSA) is 72.9 Å². The molecule has 1 aromatic heterocycles. The van der Waals surface area contributed by atoms with Crippen LogP contribution < -0.4 is 11.1 Å². The summed E-state index contributed by atoms with van der Waals surface area (Å²) >= 11 is 0. The Hall–Kier alpha value is -2.44. The average Bonchev–Trinajstić information content (AvgIpc) is 2.79. The van der Waals surface area contributed by atoms with Gasteiger partial charge in [0.2, 0.25) is 0 Å². The van der Waals surface area contributed by atoms with E-state index in [1.165, 1.54) is 16.9 Å². The van der Waals surface area contributed by atoms with Crippen LogP contribution in [0.2, 0.25) is 0 Å². The highest BCUT2D eigenvalue weighted by atomic mass is 19.1. The largest absolute Gasteiger partial charge is 0.383 e. The molecule has 1 heterocycles. The van der Waals surface area contributed by atoms with Crippen molar-refractivity contribution in [3.63, 3.8) is 0 Å². The second kappa shape index (κ2) is 5.98. The number of nitrogens with one attached hydrogen (secondary N) is 1. The van der Waals surface area contributed by atoms with Gasteiger partial charge in [0.15, 0.2) is 0 Å². The Morgan fingerprint density at radius 2 is 2.00 bits per heavy atom. The maximum atomic E-state index is 14.0. The SMILES string of the molecule is CC(C)n1ncc(C(=O)NC(C)(C)c2ccc(F)cc2F)c1N. The third-order valence-electron chi connectivity index (χ3n) is 3.60. The van der Waals surface area contributed by atoms with Crippen molar-refractivity contribution in [2.45, 2.75) is 39.3 Å². The summed E-state index contributed by atoms with van der Waals surface area (Å²) in [6.45, 7) is 7.04. The van der Waals surface area contributed by atoms with E-state index in [9.17, 15) is 13.6 Å². The second-order valence-electron chi connectivity index (χ2n) is 6.19. The molecule has 2 rings (SSSR count). The van der Waals surface area contributed by atoms with Gasteiger partial charge in [-0.1, -0.05) is 6.07 Å². The van der Waals surface area contributed by atoms with E-state index in [1.807, 2.05) is 13.8 Å². The van der Waals surface area contributed by atoms with Gasteiger partial charge in [0.25, 0.3) is 5.91 Å². The Kier molecular flexibility index (Phi) is 4.40. The zero-order chi connectivity index (χ0) is 17.4. The molecule has 2 aromatic rings. The molecule has 0 spiro atoms. The number of hydrogen-bond acceptors (Lipinski definition) is 3. The summed E-state index contributed by atoms with van der Waals surface area (Å²) in [4.78, 5) is 12.4. The number of carbonyl (C=O) groups excluding carboxylic acids is 1. The predicted octanol–water partition coefficient (Wildman–Crippen LogP) is 2.99. The Labute approximate surface area is 133 Å². The van der Waals surface area contributed by atoms with E-state index in [2.05, 4.69) is 10.4 Å². The first-order chi connectivity index (χ1) is 10.6. The molecule has 0 aliphatic rings. The number of anilines is 1. The third kappa shape index (κ3) is 3.33. The number of halogens is 2. The number of aromatic nitrogens is 2. The number of nitrogens with zero attached hydrogens (tertiary/aromatic N) is 2. The normalized spacial score (nSPS) is 11.8. The summed E-state index contributed by atoms with van der Waals surface area (Å²) in [6, 6.07) is 3.26. The van der Waals surface area contributed by atoms with Crippen molar-refractivity contribution in [2.24, 2.45) is 0 Å². The molecule has 0 aliphatic heterocycles. The van der Waals surface area contributed by atoms with Crippen LogP contribution in [0.15, 0.2) is 24.4 Å². The number of carbonyl (C=O) groups is 1. The number of benzene rings is 1. The van der Waals surface area contributed by atoms with Crippen molar-refractivity contribution >= 4 is 11.7 Å². The van der Waals surface area contributed by atoms with Gasteiger partial charge in [-0.2, -0.15) is 5.10 Å². The fraction of sp³-hybridized carbons (Fsp3) is 0.375. The van der Waals surface area contributed by atoms with Crippen LogP contribution in [0.25, 0.3) is 0 Å². The van der Waals surface area contributed by atoms with E-state index in [1.54, 1.807) is 13.8 Å². The molecule has 0 atom stereocenters. The Balaban J connectivity index is 2.28. The molecule has 7 heteroatoms. The standard InChI is InChI=1S/C16H20F2N4O/c1-9(2)22-14(19)11(8-20-22)15(23)21-16(3,4)12-6-5-10(17)7-13(12)18/h5-9H,19H2,1-4H3,(H,21,23). The number of rotatable bonds is 4. The summed E-state index contributed by atoms with van der Waals surface area (Å²) in [7, 11) is 0. The Morgan fingerprint density at radius 1 is 1.35 bits per heavy atom. The molecule has 124 valence electrons. The van der Waals surface area contributed by atoms with Crippen molar-refractivity contribution in [2.75, 3.05) is 5.73 Å². The van der Waals surface area contributed by atoms with Crippen molar-refractivity contribution in [1.29, 1.82) is 0 Å². The molecule has 0 fully saturated rings. The van der Waals surface area contributed by atoms with Crippen LogP contribution in [0.4, 0.5) is 14.6 Å². The van der Waals surface area contributed by atoms with Gasteiger partial charge in [-0.25, -0.2) is 13.5 Å². The zero-order valence-corrected chi connectivity index (χ0v) is 13.5. The van der Waals surface area contributed by atoms with Crippen LogP contribution in [-0.2, 0) is 5.54 Å². The van der Waals surface area contributed by atoms with Gasteiger partial charge in [-0.3, -0.25) is 4.79 Å². The summed E-state index contributed by atoms with van der Waals surface area (Å²) in [6.07, 6.45) is 1.38. The van der Waals surface area contributed by atoms with E-state index in [0.29, 0.717) is 0 Å². The molecule has 0 saturated heterocycles. The first-order valence-electron chi connectivity index (χ1n) is 7.24. The molecule has 5 nitrogen and oxygen atoms in total. The van der Waals surface area contributed by atoms with Crippen molar-refractivity contribution < 1.29 is 13.6 Å². The summed E-state index contributed by atoms with van der Waals surface area (Å²) in [5.74, 6) is -1.62. The molecule has 3 N–H and O–H groups in total. The van der Waals surface area contributed by atoms with Gasteiger partial charge in [-0.15, -0.1) is 0 Å². The molecule has 0 unspecified atom stereocenters. The lowest BCUT2D eigenvalue weighted by molar-refractivity contribution is 0.0911. The molecule has 0 saturated carbocycles. The van der Waals surface area contributed by atoms with Crippen molar-refractivity contribution in [3.8, 4) is 0 Å². The van der Waals surface area contributed by atoms with Gasteiger partial charge in [0.1, 0.15) is 23.0 Å². The van der Waals surface area contributed by atoms with E-state index < -0.39 is 23.1 Å². The number of nitrogen functional groups attached to an aromatic ring is 1. The third-order valence-corrected chi connectivity index (χ3v) is 3.60. The van der Waals surface area contributed by atoms with Crippen LogP contribution >= 0.6 is 0 Å². The molecule has 0 bridgehead atoms. The molecule has 23 heavy (non-hydrogen) atoms. The average molecular weight is 322 g/mol. The lowest BCUT2D eigenvalue weighted by Crippen LogP contribution is -2.41. The molecule has 0 aliphatic carbocycles. The van der Waals surface area contributed by atoms with E-state index >= 15 is 0 Å². The fourth-order valence-corrected chi connectivity index (χ4v) is 2.37. The van der Waals surface area contributed by atoms with E-state index in [0.717, 1.165) is 12.1 Å². The van der Waals surface area contributed by atoms with Crippen molar-refractivity contribution in [3.05, 3.63) is 47.2 Å². The van der Waals surface area contributed by atoms with Crippen LogP contribution in [0.1, 0.15) is 49.7 Å². The lowest BCUT2D eigenvalue weighted by Gasteiger charge is -2.27. The quantitative estimate of drug-likeness (QED) is 0.909. The van der Waals surface area contributed by atoms with E-state index in [-0.39, 0.29) is 23.0 Å². The van der Waals surface area contributed by atoms with Gasteiger partial charge in [0, 0.05) is 17.7 Å². The smallest absolute Gasteiger partial charge is 0.257 e. The number of nitrogens with two attached hydrogens (primary N) is 1. The molecular formula is C16H20F2N4O. The van der Waals surface area contributed by atoms with Crippen LogP contribution in [0.5, 0.6) is 0 Å². The highest BCUT2D eigenvalue weighted by molar-refractivity contribution is 5.98. The summed E-state index contributed by atoms with van der Waals surface area (Å²) < 4.78 is 28.5. The van der Waals surface area contributed by atoms with Gasteiger partial charge < -0.3 is 11.1 Å². The number of amides is 1. The second-order valence-corrected chi connectivity index (χ2v) is 6.19. The first kappa shape index (κ1) is 16.9. The van der Waals surface area contributed by atoms with Crippen LogP contribution in [0, 0.1) is 11.6 Å². The Bertz CT molecular complexity index is 738. The monoisotopic (exact) mass is 322 g/mol. The van der Waals surface area contributed by atoms with Gasteiger partial charge >= 0.3 is 0 Å². The highest BCUT2D eigenvalue weighted by Crippen LogP contribution is 2.25. The summed E-state index contributed by atoms with van der Waals surface area (Å²) in [5, 5.41) is 6.78. The maximum Gasteiger partial charge on any atom is 0.257 e. The molecule has 0 radical (unpaired) electrons. The van der Waals surface area contributed by atoms with Crippen molar-refractivity contribution in [1.82, 2.24) is 15.1 Å². The minimum Gasteiger partial charge on any atom is -0.383 e.